The van der Waals surface area contributed by atoms with Crippen molar-refractivity contribution in [1.82, 2.24) is 0 Å². The summed E-state index contributed by atoms with van der Waals surface area (Å²) in [7, 11) is 0. The van der Waals surface area contributed by atoms with E-state index in [-0.39, 0.29) is 17.9 Å². The molecule has 0 atom stereocenters. The molecule has 4 nitrogen and oxygen atoms in total. The highest BCUT2D eigenvalue weighted by Crippen LogP contribution is 2.21. The van der Waals surface area contributed by atoms with Gasteiger partial charge in [0, 0.05) is 6.42 Å². The van der Waals surface area contributed by atoms with E-state index in [9.17, 15) is 4.79 Å². The maximum absolute atomic E-state index is 9.84. The van der Waals surface area contributed by atoms with E-state index in [1.807, 2.05) is 19.1 Å². The van der Waals surface area contributed by atoms with E-state index in [4.69, 9.17) is 15.3 Å². The van der Waals surface area contributed by atoms with Crippen molar-refractivity contribution < 1.29 is 20.1 Å². The van der Waals surface area contributed by atoms with Crippen molar-refractivity contribution in [3.05, 3.63) is 36.4 Å². The molecule has 0 aliphatic rings. The van der Waals surface area contributed by atoms with Crippen molar-refractivity contribution in [2.45, 2.75) is 19.8 Å². The van der Waals surface area contributed by atoms with Crippen LogP contribution in [0.25, 0.3) is 0 Å². The molecule has 88 valence electrons. The second kappa shape index (κ2) is 8.35. The van der Waals surface area contributed by atoms with Crippen LogP contribution < -0.4 is 0 Å². The van der Waals surface area contributed by atoms with E-state index < -0.39 is 5.97 Å². The Kier molecular flexibility index (Phi) is 7.32. The molecule has 1 aromatic rings. The van der Waals surface area contributed by atoms with Crippen molar-refractivity contribution in [2.75, 3.05) is 0 Å². The highest BCUT2D eigenvalue weighted by atomic mass is 16.4. The van der Waals surface area contributed by atoms with E-state index in [0.717, 1.165) is 0 Å². The zero-order chi connectivity index (χ0) is 12.4. The summed E-state index contributed by atoms with van der Waals surface area (Å²) in [5.74, 6) is -0.886. The predicted octanol–water partition coefficient (Wildman–Crippen LogP) is 2.53. The number of carbonyl (C=O) groups is 1. The number of para-hydroxylation sites is 2. The number of rotatable bonds is 3. The van der Waals surface area contributed by atoms with Crippen LogP contribution in [0.1, 0.15) is 19.8 Å². The maximum atomic E-state index is 9.84. The SMILES string of the molecule is CC=CCCC(=O)O.Oc1ccccc1O. The van der Waals surface area contributed by atoms with Gasteiger partial charge >= 0.3 is 5.97 Å². The number of hydrogen-bond acceptors (Lipinski definition) is 3. The lowest BCUT2D eigenvalue weighted by atomic mass is 10.3. The Bertz CT molecular complexity index is 324. The van der Waals surface area contributed by atoms with Gasteiger partial charge in [0.15, 0.2) is 11.5 Å². The molecular weight excluding hydrogens is 208 g/mol. The first-order valence-corrected chi connectivity index (χ1v) is 4.87. The van der Waals surface area contributed by atoms with Gasteiger partial charge in [0.05, 0.1) is 0 Å². The van der Waals surface area contributed by atoms with Crippen LogP contribution in [0.5, 0.6) is 11.5 Å². The summed E-state index contributed by atoms with van der Waals surface area (Å²) in [4.78, 5) is 9.84. The van der Waals surface area contributed by atoms with E-state index >= 15 is 0 Å². The molecule has 0 heterocycles. The number of aliphatic carboxylic acids is 1. The minimum Gasteiger partial charge on any atom is -0.504 e. The van der Waals surface area contributed by atoms with Crippen molar-refractivity contribution in [3.8, 4) is 11.5 Å². The highest BCUT2D eigenvalue weighted by molar-refractivity contribution is 5.66. The van der Waals surface area contributed by atoms with Crippen LogP contribution in [-0.2, 0) is 4.79 Å². The number of carboxylic acid groups (broad SMARTS) is 1. The molecule has 0 spiro atoms. The number of carboxylic acids is 1. The summed E-state index contributed by atoms with van der Waals surface area (Å²) in [6.07, 6.45) is 4.58. The summed E-state index contributed by atoms with van der Waals surface area (Å²) in [6.45, 7) is 1.88. The van der Waals surface area contributed by atoms with Gasteiger partial charge in [0.1, 0.15) is 0 Å². The van der Waals surface area contributed by atoms with Gasteiger partial charge in [0.25, 0.3) is 0 Å². The lowest BCUT2D eigenvalue weighted by Crippen LogP contribution is -1.91. The molecule has 0 bridgehead atoms. The van der Waals surface area contributed by atoms with Gasteiger partial charge in [-0.2, -0.15) is 0 Å². The van der Waals surface area contributed by atoms with Gasteiger partial charge in [-0.05, 0) is 25.5 Å². The molecule has 0 saturated carbocycles. The molecular formula is C12H16O4. The van der Waals surface area contributed by atoms with E-state index in [0.29, 0.717) is 6.42 Å². The molecule has 1 rings (SSSR count). The Balaban J connectivity index is 0.000000281. The van der Waals surface area contributed by atoms with Crippen LogP contribution in [0.15, 0.2) is 36.4 Å². The third-order valence-electron chi connectivity index (χ3n) is 1.64. The lowest BCUT2D eigenvalue weighted by molar-refractivity contribution is -0.136. The van der Waals surface area contributed by atoms with E-state index in [2.05, 4.69) is 0 Å². The van der Waals surface area contributed by atoms with Gasteiger partial charge in [0.2, 0.25) is 0 Å². The van der Waals surface area contributed by atoms with E-state index in [1.165, 1.54) is 12.1 Å². The fraction of sp³-hybridized carbons (Fsp3) is 0.250. The number of hydrogen-bond donors (Lipinski definition) is 3. The Morgan fingerprint density at radius 2 is 1.75 bits per heavy atom. The fourth-order valence-electron chi connectivity index (χ4n) is 0.838. The topological polar surface area (TPSA) is 77.8 Å². The van der Waals surface area contributed by atoms with Crippen molar-refractivity contribution in [1.29, 1.82) is 0 Å². The Labute approximate surface area is 94.5 Å². The zero-order valence-corrected chi connectivity index (χ0v) is 9.13. The van der Waals surface area contributed by atoms with Gasteiger partial charge < -0.3 is 15.3 Å². The molecule has 0 unspecified atom stereocenters. The molecule has 0 amide bonds. The first-order valence-electron chi connectivity index (χ1n) is 4.87. The van der Waals surface area contributed by atoms with Gasteiger partial charge in [-0.3, -0.25) is 4.79 Å². The van der Waals surface area contributed by atoms with Crippen LogP contribution in [-0.4, -0.2) is 21.3 Å². The number of benzene rings is 1. The number of allylic oxidation sites excluding steroid dienone is 2. The molecule has 3 N–H and O–H groups in total. The van der Waals surface area contributed by atoms with Crippen LogP contribution in [0, 0.1) is 0 Å². The molecule has 0 aliphatic heterocycles. The van der Waals surface area contributed by atoms with Gasteiger partial charge in [-0.15, -0.1) is 0 Å². The standard InChI is InChI=1S/C6H6O2.C6H10O2/c7-5-3-1-2-4-6(5)8;1-2-3-4-5-6(7)8/h1-4,7-8H;2-3H,4-5H2,1H3,(H,7,8). The van der Waals surface area contributed by atoms with Crippen molar-refractivity contribution in [3.63, 3.8) is 0 Å². The summed E-state index contributed by atoms with van der Waals surface area (Å²) < 4.78 is 0. The third kappa shape index (κ3) is 7.44. The van der Waals surface area contributed by atoms with Crippen LogP contribution >= 0.6 is 0 Å². The Morgan fingerprint density at radius 3 is 2.06 bits per heavy atom. The molecule has 0 saturated heterocycles. The molecule has 4 heteroatoms. The minimum atomic E-state index is -0.733. The van der Waals surface area contributed by atoms with Crippen LogP contribution in [0.3, 0.4) is 0 Å². The largest absolute Gasteiger partial charge is 0.504 e. The second-order valence-electron chi connectivity index (χ2n) is 2.99. The fourth-order valence-corrected chi connectivity index (χ4v) is 0.838. The maximum Gasteiger partial charge on any atom is 0.303 e. The third-order valence-corrected chi connectivity index (χ3v) is 1.64. The average Bonchev–Trinajstić information content (AvgIpc) is 2.23. The first-order chi connectivity index (χ1) is 7.57. The molecule has 0 aromatic heterocycles. The summed E-state index contributed by atoms with van der Waals surface area (Å²) in [5.41, 5.74) is 0. The molecule has 1 aromatic carbocycles. The van der Waals surface area contributed by atoms with E-state index in [1.54, 1.807) is 12.1 Å². The van der Waals surface area contributed by atoms with Crippen molar-refractivity contribution in [2.24, 2.45) is 0 Å². The summed E-state index contributed by atoms with van der Waals surface area (Å²) >= 11 is 0. The highest BCUT2D eigenvalue weighted by Gasteiger charge is 1.90. The lowest BCUT2D eigenvalue weighted by Gasteiger charge is -1.91. The number of phenolic OH excluding ortho intramolecular Hbond substituents is 2. The normalized spacial score (nSPS) is 9.56. The van der Waals surface area contributed by atoms with Gasteiger partial charge in [-0.25, -0.2) is 0 Å². The molecule has 0 aliphatic carbocycles. The number of phenols is 2. The Morgan fingerprint density at radius 1 is 1.25 bits per heavy atom. The average molecular weight is 224 g/mol. The summed E-state index contributed by atoms with van der Waals surface area (Å²) in [6, 6.07) is 6.15. The second-order valence-corrected chi connectivity index (χ2v) is 2.99. The van der Waals surface area contributed by atoms with Crippen molar-refractivity contribution >= 4 is 5.97 Å². The predicted molar refractivity (Wildman–Crippen MR) is 61.5 cm³/mol. The molecule has 0 radical (unpaired) electrons. The number of aromatic hydroxyl groups is 2. The van der Waals surface area contributed by atoms with Gasteiger partial charge in [-0.1, -0.05) is 24.3 Å². The summed E-state index contributed by atoms with van der Waals surface area (Å²) in [5, 5.41) is 25.4. The zero-order valence-electron chi connectivity index (χ0n) is 9.13. The minimum absolute atomic E-state index is 0.0764. The Hall–Kier alpha value is -1.97. The quantitative estimate of drug-likeness (QED) is 0.544. The smallest absolute Gasteiger partial charge is 0.303 e. The first kappa shape index (κ1) is 14.0. The van der Waals surface area contributed by atoms with Crippen LogP contribution in [0.2, 0.25) is 0 Å². The van der Waals surface area contributed by atoms with Crippen LogP contribution in [0.4, 0.5) is 0 Å². The monoisotopic (exact) mass is 224 g/mol. The molecule has 16 heavy (non-hydrogen) atoms. The molecule has 0 fully saturated rings.